The fourth-order valence-electron chi connectivity index (χ4n) is 5.23. The zero-order valence-electron chi connectivity index (χ0n) is 15.9. The molecule has 1 aromatic carbocycles. The number of aliphatic hydroxyl groups is 1. The number of carbonyl (C=O) groups excluding carboxylic acids is 1. The van der Waals surface area contributed by atoms with Gasteiger partial charge in [-0.1, -0.05) is 32.0 Å². The molecule has 2 heterocycles. The molecule has 0 bridgehead atoms. The second-order valence-electron chi connectivity index (χ2n) is 8.03. The lowest BCUT2D eigenvalue weighted by Crippen LogP contribution is -2.27. The highest BCUT2D eigenvalue weighted by atomic mass is 16.3. The van der Waals surface area contributed by atoms with Crippen molar-refractivity contribution in [3.63, 3.8) is 0 Å². The number of nitrogens with one attached hydrogen (secondary N) is 1. The molecule has 0 radical (unpaired) electrons. The number of rotatable bonds is 4. The van der Waals surface area contributed by atoms with Crippen molar-refractivity contribution in [2.45, 2.75) is 38.8 Å². The molecular weight excluding hydrogens is 354 g/mol. The highest BCUT2D eigenvalue weighted by Gasteiger charge is 2.68. The van der Waals surface area contributed by atoms with E-state index < -0.39 is 6.10 Å². The first-order chi connectivity index (χ1) is 13.6. The van der Waals surface area contributed by atoms with Gasteiger partial charge in [-0.2, -0.15) is 0 Å². The van der Waals surface area contributed by atoms with Crippen molar-refractivity contribution in [3.05, 3.63) is 48.5 Å². The van der Waals surface area contributed by atoms with Gasteiger partial charge in [0.1, 0.15) is 6.33 Å². The third kappa shape index (κ3) is 2.32. The predicted octanol–water partition coefficient (Wildman–Crippen LogP) is 3.05. The first-order valence-corrected chi connectivity index (χ1v) is 9.79. The average molecular weight is 377 g/mol. The number of amides is 1. The summed E-state index contributed by atoms with van der Waals surface area (Å²) >= 11 is 0. The van der Waals surface area contributed by atoms with E-state index in [-0.39, 0.29) is 23.3 Å². The number of aromatic nitrogens is 4. The van der Waals surface area contributed by atoms with Crippen molar-refractivity contribution >= 4 is 22.9 Å². The molecule has 0 spiro atoms. The molecule has 2 N–H and O–H groups in total. The van der Waals surface area contributed by atoms with E-state index in [1.165, 1.54) is 6.33 Å². The first-order valence-electron chi connectivity index (χ1n) is 9.79. The Morgan fingerprint density at radius 3 is 2.79 bits per heavy atom. The van der Waals surface area contributed by atoms with Crippen LogP contribution >= 0.6 is 0 Å². The molecule has 3 aromatic rings. The van der Waals surface area contributed by atoms with E-state index in [0.717, 1.165) is 12.8 Å². The van der Waals surface area contributed by atoms with Gasteiger partial charge < -0.3 is 15.0 Å². The summed E-state index contributed by atoms with van der Waals surface area (Å²) in [4.78, 5) is 25.6. The zero-order chi connectivity index (χ0) is 19.5. The number of anilines is 1. The molecule has 2 aliphatic rings. The van der Waals surface area contributed by atoms with Crippen molar-refractivity contribution < 1.29 is 9.90 Å². The van der Waals surface area contributed by atoms with Crippen LogP contribution in [0, 0.1) is 17.3 Å². The summed E-state index contributed by atoms with van der Waals surface area (Å²) in [5, 5.41) is 13.7. The van der Waals surface area contributed by atoms with Gasteiger partial charge in [0.25, 0.3) is 5.91 Å². The van der Waals surface area contributed by atoms with Gasteiger partial charge in [0, 0.05) is 5.56 Å². The molecule has 0 saturated heterocycles. The number of carbonyl (C=O) groups is 1. The van der Waals surface area contributed by atoms with Gasteiger partial charge in [0.15, 0.2) is 17.0 Å². The van der Waals surface area contributed by atoms with Crippen LogP contribution in [-0.4, -0.2) is 36.6 Å². The Hall–Kier alpha value is -2.80. The molecule has 28 heavy (non-hydrogen) atoms. The summed E-state index contributed by atoms with van der Waals surface area (Å²) in [6.07, 6.45) is 4.95. The van der Waals surface area contributed by atoms with Gasteiger partial charge in [0.05, 0.1) is 18.5 Å². The van der Waals surface area contributed by atoms with E-state index >= 15 is 0 Å². The summed E-state index contributed by atoms with van der Waals surface area (Å²) < 4.78 is 1.98. The highest BCUT2D eigenvalue weighted by Crippen LogP contribution is 2.71. The number of imidazole rings is 1. The van der Waals surface area contributed by atoms with Gasteiger partial charge in [0.2, 0.25) is 0 Å². The smallest absolute Gasteiger partial charge is 0.256 e. The van der Waals surface area contributed by atoms with E-state index in [4.69, 9.17) is 0 Å². The Balaban J connectivity index is 1.49. The predicted molar refractivity (Wildman–Crippen MR) is 105 cm³/mol. The Morgan fingerprint density at radius 2 is 2.07 bits per heavy atom. The van der Waals surface area contributed by atoms with Crippen molar-refractivity contribution in [3.8, 4) is 0 Å². The van der Waals surface area contributed by atoms with E-state index in [1.807, 2.05) is 22.8 Å². The standard InChI is InChI=1S/C21H23N5O2/c1-3-21-9-14(21)16(17(27)12(21)2)26-11-24-15-18(22-10-23-19(15)26)25-20(28)13-7-5-4-6-8-13/h4-8,10-12,14,16-17,27H,3,9H2,1-2H3,(H,22,23,25,28)/t12-,14+,16+,17+,21-/m0/s1. The summed E-state index contributed by atoms with van der Waals surface area (Å²) in [5.74, 6) is 0.842. The van der Waals surface area contributed by atoms with E-state index in [1.54, 1.807) is 18.5 Å². The largest absolute Gasteiger partial charge is 0.391 e. The van der Waals surface area contributed by atoms with Crippen LogP contribution in [0.3, 0.4) is 0 Å². The molecular formula is C21H23N5O2. The Bertz CT molecular complexity index is 1050. The minimum absolute atomic E-state index is 0.0347. The zero-order valence-corrected chi connectivity index (χ0v) is 15.9. The molecule has 2 fully saturated rings. The molecule has 0 unspecified atom stereocenters. The minimum Gasteiger partial charge on any atom is -0.391 e. The van der Waals surface area contributed by atoms with E-state index in [2.05, 4.69) is 34.1 Å². The molecule has 0 aliphatic heterocycles. The third-order valence-electron chi connectivity index (χ3n) is 6.97. The number of hydrogen-bond acceptors (Lipinski definition) is 5. The lowest BCUT2D eigenvalue weighted by atomic mass is 9.88. The molecule has 2 aromatic heterocycles. The van der Waals surface area contributed by atoms with Crippen LogP contribution in [0.2, 0.25) is 0 Å². The number of benzene rings is 1. The fourth-order valence-corrected chi connectivity index (χ4v) is 5.23. The summed E-state index contributed by atoms with van der Waals surface area (Å²) in [7, 11) is 0. The SMILES string of the molecule is CC[C@@]12C[C@@H]1[C@@H](n1cnc3c(NC(=O)c4ccccc4)ncnc31)[C@H](O)[C@@H]2C. The van der Waals surface area contributed by atoms with Gasteiger partial charge in [-0.3, -0.25) is 4.79 Å². The van der Waals surface area contributed by atoms with Crippen LogP contribution in [0.4, 0.5) is 5.82 Å². The minimum atomic E-state index is -0.423. The van der Waals surface area contributed by atoms with Crippen LogP contribution in [-0.2, 0) is 0 Å². The maximum Gasteiger partial charge on any atom is 0.256 e. The fraction of sp³-hybridized carbons (Fsp3) is 0.429. The summed E-state index contributed by atoms with van der Waals surface area (Å²) in [6.45, 7) is 4.35. The normalized spacial score (nSPS) is 31.0. The Labute approximate surface area is 162 Å². The second-order valence-corrected chi connectivity index (χ2v) is 8.03. The maximum atomic E-state index is 12.5. The van der Waals surface area contributed by atoms with Gasteiger partial charge >= 0.3 is 0 Å². The molecule has 144 valence electrons. The molecule has 2 aliphatic carbocycles. The summed E-state index contributed by atoms with van der Waals surface area (Å²) in [5.41, 5.74) is 1.98. The van der Waals surface area contributed by atoms with Gasteiger partial charge in [-0.25, -0.2) is 15.0 Å². The number of nitrogens with zero attached hydrogens (tertiary/aromatic N) is 4. The monoisotopic (exact) mass is 377 g/mol. The second kappa shape index (κ2) is 6.10. The van der Waals surface area contributed by atoms with Crippen LogP contribution in [0.25, 0.3) is 11.2 Å². The lowest BCUT2D eigenvalue weighted by Gasteiger charge is -2.24. The third-order valence-corrected chi connectivity index (χ3v) is 6.97. The van der Waals surface area contributed by atoms with Crippen molar-refractivity contribution in [1.82, 2.24) is 19.5 Å². The van der Waals surface area contributed by atoms with Gasteiger partial charge in [-0.05, 0) is 42.2 Å². The summed E-state index contributed by atoms with van der Waals surface area (Å²) in [6, 6.07) is 8.96. The average Bonchev–Trinajstić information content (AvgIpc) is 3.23. The van der Waals surface area contributed by atoms with Crippen molar-refractivity contribution in [2.75, 3.05) is 5.32 Å². The molecule has 5 atom stereocenters. The molecule has 7 nitrogen and oxygen atoms in total. The first kappa shape index (κ1) is 17.3. The molecule has 5 rings (SSSR count). The number of aliphatic hydroxyl groups excluding tert-OH is 1. The number of fused-ring (bicyclic) bond motifs is 2. The van der Waals surface area contributed by atoms with Crippen LogP contribution < -0.4 is 5.32 Å². The molecule has 2 saturated carbocycles. The Morgan fingerprint density at radius 1 is 1.29 bits per heavy atom. The van der Waals surface area contributed by atoms with E-state index in [9.17, 15) is 9.90 Å². The Kier molecular flexibility index (Phi) is 3.77. The van der Waals surface area contributed by atoms with Crippen LogP contribution in [0.5, 0.6) is 0 Å². The quantitative estimate of drug-likeness (QED) is 0.729. The molecule has 1 amide bonds. The topological polar surface area (TPSA) is 92.9 Å². The van der Waals surface area contributed by atoms with Crippen molar-refractivity contribution in [1.29, 1.82) is 0 Å². The van der Waals surface area contributed by atoms with Crippen molar-refractivity contribution in [2.24, 2.45) is 17.3 Å². The molecule has 7 heteroatoms. The lowest BCUT2D eigenvalue weighted by molar-refractivity contribution is 0.0689. The van der Waals surface area contributed by atoms with Crippen LogP contribution in [0.1, 0.15) is 43.1 Å². The van der Waals surface area contributed by atoms with E-state index in [0.29, 0.717) is 28.5 Å². The number of hydrogen-bond donors (Lipinski definition) is 2. The highest BCUT2D eigenvalue weighted by molar-refractivity contribution is 6.06. The van der Waals surface area contributed by atoms with Gasteiger partial charge in [-0.15, -0.1) is 0 Å². The maximum absolute atomic E-state index is 12.5. The van der Waals surface area contributed by atoms with Crippen LogP contribution in [0.15, 0.2) is 43.0 Å².